The Kier molecular flexibility index (Phi) is 4.13. The molecule has 0 atom stereocenters. The van der Waals surface area contributed by atoms with E-state index in [4.69, 9.17) is 0 Å². The molecule has 26 heavy (non-hydrogen) atoms. The molecular weight excluding hydrogens is 326 g/mol. The largest absolute Gasteiger partial charge is 0.326 e. The molecule has 2 N–H and O–H groups in total. The fraction of sp³-hybridized carbons (Fsp3) is 0.190. The number of hydrogen-bond donors (Lipinski definition) is 2. The van der Waals surface area contributed by atoms with Crippen molar-refractivity contribution in [1.82, 2.24) is 4.98 Å². The standard InChI is InChI=1S/C21H19N3O2/c1-13-12-18(17-4-2-3-5-19(17)22-13)21(26)24-16-10-8-15(9-11-16)23-20(25)14-6-7-14/h2-5,8-12,14H,6-7H2,1H3,(H,23,25)(H,24,26). The van der Waals surface area contributed by atoms with E-state index in [9.17, 15) is 9.59 Å². The van der Waals surface area contributed by atoms with Crippen molar-refractivity contribution in [2.45, 2.75) is 19.8 Å². The Morgan fingerprint density at radius 2 is 1.62 bits per heavy atom. The summed E-state index contributed by atoms with van der Waals surface area (Å²) in [7, 11) is 0. The zero-order valence-electron chi connectivity index (χ0n) is 14.5. The predicted molar refractivity (Wildman–Crippen MR) is 102 cm³/mol. The van der Waals surface area contributed by atoms with E-state index < -0.39 is 0 Å². The highest BCUT2D eigenvalue weighted by Crippen LogP contribution is 2.30. The van der Waals surface area contributed by atoms with Crippen molar-refractivity contribution in [3.05, 3.63) is 65.9 Å². The van der Waals surface area contributed by atoms with Gasteiger partial charge in [0.25, 0.3) is 5.91 Å². The van der Waals surface area contributed by atoms with Crippen molar-refractivity contribution in [1.29, 1.82) is 0 Å². The van der Waals surface area contributed by atoms with Crippen LogP contribution in [0.25, 0.3) is 10.9 Å². The maximum atomic E-state index is 12.7. The molecule has 1 heterocycles. The number of carbonyl (C=O) groups excluding carboxylic acids is 2. The summed E-state index contributed by atoms with van der Waals surface area (Å²) >= 11 is 0. The Hall–Kier alpha value is -3.21. The van der Waals surface area contributed by atoms with E-state index in [1.165, 1.54) is 0 Å². The van der Waals surface area contributed by atoms with Crippen molar-refractivity contribution in [3.63, 3.8) is 0 Å². The summed E-state index contributed by atoms with van der Waals surface area (Å²) in [6.45, 7) is 1.88. The van der Waals surface area contributed by atoms with Gasteiger partial charge in [-0.25, -0.2) is 0 Å². The van der Waals surface area contributed by atoms with E-state index in [0.29, 0.717) is 11.3 Å². The first-order chi connectivity index (χ1) is 12.6. The molecule has 0 spiro atoms. The molecule has 0 saturated heterocycles. The summed E-state index contributed by atoms with van der Waals surface area (Å²) in [5.41, 5.74) is 3.62. The van der Waals surface area contributed by atoms with Gasteiger partial charge in [-0.2, -0.15) is 0 Å². The van der Waals surface area contributed by atoms with Crippen molar-refractivity contribution in [3.8, 4) is 0 Å². The van der Waals surface area contributed by atoms with Crippen LogP contribution in [0.2, 0.25) is 0 Å². The number of nitrogens with one attached hydrogen (secondary N) is 2. The number of rotatable bonds is 4. The quantitative estimate of drug-likeness (QED) is 0.746. The number of anilines is 2. The molecule has 3 aromatic rings. The second kappa shape index (κ2) is 6.59. The molecule has 5 heteroatoms. The number of hydrogen-bond acceptors (Lipinski definition) is 3. The van der Waals surface area contributed by atoms with E-state index in [-0.39, 0.29) is 17.7 Å². The maximum Gasteiger partial charge on any atom is 0.256 e. The molecule has 5 nitrogen and oxygen atoms in total. The van der Waals surface area contributed by atoms with Gasteiger partial charge in [-0.1, -0.05) is 18.2 Å². The Bertz CT molecular complexity index is 992. The SMILES string of the molecule is Cc1cc(C(=O)Nc2ccc(NC(=O)C3CC3)cc2)c2ccccc2n1. The Labute approximate surface area is 151 Å². The molecule has 1 aliphatic carbocycles. The van der Waals surface area contributed by atoms with Crippen molar-refractivity contribution in [2.75, 3.05) is 10.6 Å². The third-order valence-electron chi connectivity index (χ3n) is 4.45. The smallest absolute Gasteiger partial charge is 0.256 e. The van der Waals surface area contributed by atoms with Gasteiger partial charge in [0.2, 0.25) is 5.91 Å². The van der Waals surface area contributed by atoms with Gasteiger partial charge in [-0.05, 0) is 56.2 Å². The minimum absolute atomic E-state index is 0.0699. The van der Waals surface area contributed by atoms with Gasteiger partial charge >= 0.3 is 0 Å². The Balaban J connectivity index is 1.52. The van der Waals surface area contributed by atoms with Gasteiger partial charge in [-0.3, -0.25) is 14.6 Å². The minimum Gasteiger partial charge on any atom is -0.326 e. The topological polar surface area (TPSA) is 71.1 Å². The molecule has 4 rings (SSSR count). The second-order valence-electron chi connectivity index (χ2n) is 6.62. The molecule has 0 radical (unpaired) electrons. The molecule has 2 aromatic carbocycles. The second-order valence-corrected chi connectivity index (χ2v) is 6.62. The summed E-state index contributed by atoms with van der Waals surface area (Å²) in [4.78, 5) is 29.0. The van der Waals surface area contributed by atoms with Crippen LogP contribution in [0.4, 0.5) is 11.4 Å². The molecule has 130 valence electrons. The Morgan fingerprint density at radius 3 is 2.31 bits per heavy atom. The van der Waals surface area contributed by atoms with Gasteiger partial charge in [0.1, 0.15) is 0 Å². The fourth-order valence-corrected chi connectivity index (χ4v) is 2.92. The van der Waals surface area contributed by atoms with Crippen LogP contribution in [0.15, 0.2) is 54.6 Å². The third kappa shape index (κ3) is 3.42. The molecule has 0 unspecified atom stereocenters. The van der Waals surface area contributed by atoms with Gasteiger partial charge in [0, 0.05) is 28.4 Å². The lowest BCUT2D eigenvalue weighted by Gasteiger charge is -2.10. The van der Waals surface area contributed by atoms with Crippen LogP contribution in [0.3, 0.4) is 0 Å². The lowest BCUT2D eigenvalue weighted by Crippen LogP contribution is -2.14. The predicted octanol–water partition coefficient (Wildman–Crippen LogP) is 4.14. The first-order valence-electron chi connectivity index (χ1n) is 8.69. The van der Waals surface area contributed by atoms with Crippen LogP contribution < -0.4 is 10.6 Å². The number of para-hydroxylation sites is 1. The molecule has 2 amide bonds. The van der Waals surface area contributed by atoms with E-state index in [0.717, 1.165) is 35.1 Å². The number of pyridine rings is 1. The zero-order chi connectivity index (χ0) is 18.1. The number of aryl methyl sites for hydroxylation is 1. The van der Waals surface area contributed by atoms with Crippen LogP contribution in [0.1, 0.15) is 28.9 Å². The van der Waals surface area contributed by atoms with Crippen molar-refractivity contribution >= 4 is 34.1 Å². The van der Waals surface area contributed by atoms with E-state index in [2.05, 4.69) is 15.6 Å². The van der Waals surface area contributed by atoms with Crippen LogP contribution >= 0.6 is 0 Å². The average Bonchev–Trinajstić information content (AvgIpc) is 3.48. The molecule has 1 fully saturated rings. The van der Waals surface area contributed by atoms with Crippen LogP contribution in [0, 0.1) is 12.8 Å². The van der Waals surface area contributed by atoms with Gasteiger partial charge < -0.3 is 10.6 Å². The summed E-state index contributed by atoms with van der Waals surface area (Å²) in [5, 5.41) is 6.62. The van der Waals surface area contributed by atoms with Gasteiger partial charge in [0.15, 0.2) is 0 Å². The molecule has 1 aliphatic rings. The fourth-order valence-electron chi connectivity index (χ4n) is 2.92. The number of carbonyl (C=O) groups is 2. The van der Waals surface area contributed by atoms with Crippen LogP contribution in [-0.2, 0) is 4.79 Å². The summed E-state index contributed by atoms with van der Waals surface area (Å²) in [6.07, 6.45) is 1.94. The molecule has 1 saturated carbocycles. The number of aromatic nitrogens is 1. The first-order valence-corrected chi connectivity index (χ1v) is 8.69. The molecular formula is C21H19N3O2. The molecule has 1 aromatic heterocycles. The van der Waals surface area contributed by atoms with Crippen LogP contribution in [-0.4, -0.2) is 16.8 Å². The van der Waals surface area contributed by atoms with Crippen molar-refractivity contribution < 1.29 is 9.59 Å². The van der Waals surface area contributed by atoms with Gasteiger partial charge in [0.05, 0.1) is 11.1 Å². The summed E-state index contributed by atoms with van der Waals surface area (Å²) in [6, 6.07) is 16.6. The monoisotopic (exact) mass is 345 g/mol. The lowest BCUT2D eigenvalue weighted by atomic mass is 10.1. The Morgan fingerprint density at radius 1 is 0.962 bits per heavy atom. The summed E-state index contributed by atoms with van der Waals surface area (Å²) in [5.74, 6) is 0.0552. The van der Waals surface area contributed by atoms with E-state index in [1.807, 2.05) is 31.2 Å². The molecule has 0 aliphatic heterocycles. The van der Waals surface area contributed by atoms with E-state index in [1.54, 1.807) is 30.3 Å². The first kappa shape index (κ1) is 16.3. The zero-order valence-corrected chi connectivity index (χ0v) is 14.5. The minimum atomic E-state index is -0.179. The highest BCUT2D eigenvalue weighted by molar-refractivity contribution is 6.12. The number of nitrogens with zero attached hydrogens (tertiary/aromatic N) is 1. The number of amides is 2. The average molecular weight is 345 g/mol. The molecule has 0 bridgehead atoms. The van der Waals surface area contributed by atoms with E-state index >= 15 is 0 Å². The van der Waals surface area contributed by atoms with Crippen molar-refractivity contribution in [2.24, 2.45) is 5.92 Å². The highest BCUT2D eigenvalue weighted by atomic mass is 16.2. The van der Waals surface area contributed by atoms with Gasteiger partial charge in [-0.15, -0.1) is 0 Å². The third-order valence-corrected chi connectivity index (χ3v) is 4.45. The summed E-state index contributed by atoms with van der Waals surface area (Å²) < 4.78 is 0. The van der Waals surface area contributed by atoms with Crippen LogP contribution in [0.5, 0.6) is 0 Å². The lowest BCUT2D eigenvalue weighted by molar-refractivity contribution is -0.117. The number of benzene rings is 2. The normalized spacial score (nSPS) is 13.4. The highest BCUT2D eigenvalue weighted by Gasteiger charge is 2.29. The number of fused-ring (bicyclic) bond motifs is 1. The maximum absolute atomic E-state index is 12.7.